The molecule has 2 aromatic rings. The van der Waals surface area contributed by atoms with Gasteiger partial charge in [0, 0.05) is 0 Å². The zero-order chi connectivity index (χ0) is 9.42. The first-order chi connectivity index (χ1) is 6.20. The van der Waals surface area contributed by atoms with E-state index in [1.807, 2.05) is 0 Å². The Morgan fingerprint density at radius 2 is 1.77 bits per heavy atom. The third kappa shape index (κ3) is 1.20. The normalized spacial score (nSPS) is 10.7. The number of ether oxygens (including phenoxy) is 1. The third-order valence-corrected chi connectivity index (χ3v) is 1.58. The van der Waals surface area contributed by atoms with Crippen LogP contribution < -0.4 is 4.74 Å². The fraction of sp³-hybridized carbons (Fsp3) is 0.429. The molecule has 0 aliphatic heterocycles. The highest BCUT2D eigenvalue weighted by atomic mass is 16.5. The van der Waals surface area contributed by atoms with Crippen LogP contribution in [0.25, 0.3) is 5.78 Å². The van der Waals surface area contributed by atoms with Gasteiger partial charge >= 0.3 is 6.01 Å². The van der Waals surface area contributed by atoms with Crippen molar-refractivity contribution in [1.29, 1.82) is 0 Å². The average molecular weight is 179 g/mol. The van der Waals surface area contributed by atoms with Gasteiger partial charge in [0.15, 0.2) is 5.82 Å². The number of fused-ring (bicyclic) bond motifs is 1. The number of rotatable bonds is 1. The molecule has 0 radical (unpaired) electrons. The summed E-state index contributed by atoms with van der Waals surface area (Å²) in [5.74, 6) is 1.79. The molecule has 0 unspecified atom stereocenters. The van der Waals surface area contributed by atoms with Crippen LogP contribution in [0.2, 0.25) is 0 Å². The van der Waals surface area contributed by atoms with Crippen molar-refractivity contribution in [3.63, 3.8) is 0 Å². The molecule has 0 N–H and O–H groups in total. The van der Waals surface area contributed by atoms with Crippen LogP contribution in [0.15, 0.2) is 0 Å². The summed E-state index contributed by atoms with van der Waals surface area (Å²) >= 11 is 0. The van der Waals surface area contributed by atoms with Crippen LogP contribution in [0.5, 0.6) is 6.01 Å². The number of nitrogens with zero attached hydrogens (tertiary/aromatic N) is 5. The van der Waals surface area contributed by atoms with E-state index >= 15 is 0 Å². The molecule has 0 bridgehead atoms. The van der Waals surface area contributed by atoms with Gasteiger partial charge in [-0.3, -0.25) is 0 Å². The predicted molar refractivity (Wildman–Crippen MR) is 44.6 cm³/mol. The molecule has 68 valence electrons. The molecule has 6 nitrogen and oxygen atoms in total. The predicted octanol–water partition coefficient (Wildman–Crippen LogP) is 0.145. The fourth-order valence-corrected chi connectivity index (χ4v) is 1.09. The van der Waals surface area contributed by atoms with E-state index in [-0.39, 0.29) is 0 Å². The van der Waals surface area contributed by atoms with Crippen molar-refractivity contribution < 1.29 is 4.74 Å². The Morgan fingerprint density at radius 3 is 2.46 bits per heavy atom. The van der Waals surface area contributed by atoms with E-state index in [2.05, 4.69) is 20.1 Å². The van der Waals surface area contributed by atoms with Gasteiger partial charge in [0.2, 0.25) is 0 Å². The minimum atomic E-state index is 0.406. The highest BCUT2D eigenvalue weighted by Crippen LogP contribution is 2.07. The van der Waals surface area contributed by atoms with Crippen LogP contribution in [0, 0.1) is 13.8 Å². The zero-order valence-electron chi connectivity index (χ0n) is 7.64. The lowest BCUT2D eigenvalue weighted by molar-refractivity contribution is 0.363. The topological polar surface area (TPSA) is 65.2 Å². The highest BCUT2D eigenvalue weighted by Gasteiger charge is 2.08. The maximum atomic E-state index is 5.03. The van der Waals surface area contributed by atoms with E-state index in [9.17, 15) is 0 Å². The summed E-state index contributed by atoms with van der Waals surface area (Å²) in [6.45, 7) is 3.58. The van der Waals surface area contributed by atoms with Gasteiger partial charge in [-0.05, 0) is 13.8 Å². The molecule has 0 fully saturated rings. The van der Waals surface area contributed by atoms with E-state index in [1.54, 1.807) is 13.8 Å². The lowest BCUT2D eigenvalue weighted by atomic mass is 10.7. The zero-order valence-corrected chi connectivity index (χ0v) is 7.64. The number of aromatic nitrogens is 5. The van der Waals surface area contributed by atoms with Crippen molar-refractivity contribution in [2.24, 2.45) is 0 Å². The van der Waals surface area contributed by atoms with Crippen LogP contribution in [-0.2, 0) is 0 Å². The molecule has 0 spiro atoms. The summed E-state index contributed by atoms with van der Waals surface area (Å²) in [7, 11) is 1.54. The van der Waals surface area contributed by atoms with Gasteiger partial charge in [0.1, 0.15) is 5.82 Å². The fourth-order valence-electron chi connectivity index (χ4n) is 1.09. The first-order valence-electron chi connectivity index (χ1n) is 3.82. The minimum Gasteiger partial charge on any atom is -0.467 e. The highest BCUT2D eigenvalue weighted by molar-refractivity contribution is 5.28. The quantitative estimate of drug-likeness (QED) is 0.623. The average Bonchev–Trinajstić information content (AvgIpc) is 2.43. The van der Waals surface area contributed by atoms with Crippen LogP contribution in [0.1, 0.15) is 11.6 Å². The molecule has 0 atom stereocenters. The van der Waals surface area contributed by atoms with E-state index in [1.165, 1.54) is 11.6 Å². The second-order valence-corrected chi connectivity index (χ2v) is 2.63. The second kappa shape index (κ2) is 2.65. The standard InChI is InChI=1S/C7H9N5O/c1-4-8-6-9-5(2)11-12(6)7(10-4)13-3/h1-3H3. The molecule has 0 saturated heterocycles. The molecular weight excluding hydrogens is 170 g/mol. The van der Waals surface area contributed by atoms with Gasteiger partial charge in [-0.25, -0.2) is 0 Å². The van der Waals surface area contributed by atoms with Gasteiger partial charge in [-0.1, -0.05) is 0 Å². The summed E-state index contributed by atoms with van der Waals surface area (Å²) in [5.41, 5.74) is 0. The number of methoxy groups -OCH3 is 1. The summed E-state index contributed by atoms with van der Waals surface area (Å²) in [5, 5.41) is 4.08. The van der Waals surface area contributed by atoms with Crippen molar-refractivity contribution in [3.05, 3.63) is 11.6 Å². The van der Waals surface area contributed by atoms with Gasteiger partial charge in [0.25, 0.3) is 5.78 Å². The van der Waals surface area contributed by atoms with Gasteiger partial charge in [-0.15, -0.1) is 9.61 Å². The Balaban J connectivity index is 2.80. The Labute approximate surface area is 74.6 Å². The molecule has 0 aromatic carbocycles. The molecule has 13 heavy (non-hydrogen) atoms. The number of aryl methyl sites for hydroxylation is 2. The maximum Gasteiger partial charge on any atom is 0.322 e. The first-order valence-corrected chi connectivity index (χ1v) is 3.82. The van der Waals surface area contributed by atoms with Crippen molar-refractivity contribution in [3.8, 4) is 6.01 Å². The van der Waals surface area contributed by atoms with Crippen LogP contribution in [0.4, 0.5) is 0 Å². The second-order valence-electron chi connectivity index (χ2n) is 2.63. The van der Waals surface area contributed by atoms with Crippen molar-refractivity contribution in [2.45, 2.75) is 13.8 Å². The Bertz CT molecular complexity index is 449. The molecule has 0 aliphatic rings. The van der Waals surface area contributed by atoms with Crippen LogP contribution >= 0.6 is 0 Å². The molecular formula is C7H9N5O. The molecule has 6 heteroatoms. The van der Waals surface area contributed by atoms with Crippen molar-refractivity contribution in [1.82, 2.24) is 24.6 Å². The maximum absolute atomic E-state index is 5.03. The summed E-state index contributed by atoms with van der Waals surface area (Å²) in [6.07, 6.45) is 0. The van der Waals surface area contributed by atoms with Crippen LogP contribution in [0.3, 0.4) is 0 Å². The van der Waals surface area contributed by atoms with Gasteiger partial charge in [-0.2, -0.15) is 15.0 Å². The Morgan fingerprint density at radius 1 is 1.08 bits per heavy atom. The molecule has 2 heterocycles. The van der Waals surface area contributed by atoms with Gasteiger partial charge < -0.3 is 4.74 Å². The van der Waals surface area contributed by atoms with E-state index in [0.717, 1.165) is 0 Å². The number of hydrogen-bond donors (Lipinski definition) is 0. The van der Waals surface area contributed by atoms with Crippen molar-refractivity contribution >= 4 is 5.78 Å². The van der Waals surface area contributed by atoms with Crippen molar-refractivity contribution in [2.75, 3.05) is 7.11 Å². The van der Waals surface area contributed by atoms with Gasteiger partial charge in [0.05, 0.1) is 7.11 Å². The van der Waals surface area contributed by atoms with E-state index in [0.29, 0.717) is 23.4 Å². The first kappa shape index (κ1) is 7.90. The SMILES string of the molecule is COc1nc(C)nc2nc(C)nn12. The Kier molecular flexibility index (Phi) is 1.61. The van der Waals surface area contributed by atoms with E-state index < -0.39 is 0 Å². The smallest absolute Gasteiger partial charge is 0.322 e. The number of hydrogen-bond acceptors (Lipinski definition) is 5. The summed E-state index contributed by atoms with van der Waals surface area (Å²) in [6, 6.07) is 0.406. The molecule has 0 aliphatic carbocycles. The lowest BCUT2D eigenvalue weighted by Gasteiger charge is -2.00. The van der Waals surface area contributed by atoms with E-state index in [4.69, 9.17) is 4.74 Å². The summed E-state index contributed by atoms with van der Waals surface area (Å²) < 4.78 is 6.51. The Hall–Kier alpha value is -1.72. The molecule has 2 rings (SSSR count). The third-order valence-electron chi connectivity index (χ3n) is 1.58. The minimum absolute atomic E-state index is 0.406. The monoisotopic (exact) mass is 179 g/mol. The lowest BCUT2D eigenvalue weighted by Crippen LogP contribution is -2.02. The molecule has 0 amide bonds. The summed E-state index contributed by atoms with van der Waals surface area (Å²) in [4.78, 5) is 12.3. The van der Waals surface area contributed by atoms with Crippen LogP contribution in [-0.4, -0.2) is 31.7 Å². The largest absolute Gasteiger partial charge is 0.467 e. The molecule has 0 saturated carbocycles. The molecule has 2 aromatic heterocycles.